The summed E-state index contributed by atoms with van der Waals surface area (Å²) in [6.45, 7) is 7.77. The summed E-state index contributed by atoms with van der Waals surface area (Å²) in [5.74, 6) is -0.0413. The summed E-state index contributed by atoms with van der Waals surface area (Å²) in [5, 5.41) is 3.42. The summed E-state index contributed by atoms with van der Waals surface area (Å²) < 4.78 is 0. The number of benzene rings is 1. The minimum Gasteiger partial charge on any atom is -0.397 e. The highest BCUT2D eigenvalue weighted by Gasteiger charge is 2.16. The summed E-state index contributed by atoms with van der Waals surface area (Å²) in [4.78, 5) is 14.4. The molecular weight excluding hydrogens is 286 g/mol. The van der Waals surface area contributed by atoms with Crippen molar-refractivity contribution in [2.75, 3.05) is 24.1 Å². The van der Waals surface area contributed by atoms with E-state index in [2.05, 4.69) is 31.0 Å². The number of nitrogens with zero attached hydrogens (tertiary/aromatic N) is 1. The van der Waals surface area contributed by atoms with Crippen molar-refractivity contribution in [3.8, 4) is 0 Å². The number of nitrogens with two attached hydrogens (primary N) is 1. The van der Waals surface area contributed by atoms with Crippen LogP contribution in [0.25, 0.3) is 0 Å². The van der Waals surface area contributed by atoms with Gasteiger partial charge in [0.15, 0.2) is 0 Å². The van der Waals surface area contributed by atoms with E-state index >= 15 is 0 Å². The van der Waals surface area contributed by atoms with Crippen LogP contribution in [-0.4, -0.2) is 29.9 Å². The lowest BCUT2D eigenvalue weighted by Crippen LogP contribution is -2.39. The number of anilines is 2. The number of hydrogen-bond acceptors (Lipinski definition) is 3. The van der Waals surface area contributed by atoms with E-state index in [0.29, 0.717) is 29.0 Å². The highest BCUT2D eigenvalue weighted by Crippen LogP contribution is 2.22. The molecule has 1 unspecified atom stereocenters. The largest absolute Gasteiger partial charge is 0.397 e. The first-order valence-electron chi connectivity index (χ1n) is 7.56. The van der Waals surface area contributed by atoms with Crippen molar-refractivity contribution in [3.05, 3.63) is 23.2 Å². The Balaban J connectivity index is 2.64. The second-order valence-electron chi connectivity index (χ2n) is 5.36. The van der Waals surface area contributed by atoms with Gasteiger partial charge in [-0.25, -0.2) is 0 Å². The van der Waals surface area contributed by atoms with Crippen molar-refractivity contribution in [1.82, 2.24) is 4.90 Å². The lowest BCUT2D eigenvalue weighted by atomic mass is 10.2. The molecule has 1 atom stereocenters. The normalized spacial score (nSPS) is 12.4. The maximum Gasteiger partial charge on any atom is 0.238 e. The van der Waals surface area contributed by atoms with Crippen LogP contribution in [-0.2, 0) is 4.79 Å². The van der Waals surface area contributed by atoms with E-state index in [0.717, 1.165) is 25.8 Å². The molecule has 118 valence electrons. The summed E-state index contributed by atoms with van der Waals surface area (Å²) in [5.41, 5.74) is 6.95. The highest BCUT2D eigenvalue weighted by molar-refractivity contribution is 6.31. The monoisotopic (exact) mass is 311 g/mol. The zero-order valence-corrected chi connectivity index (χ0v) is 13.9. The third-order valence-electron chi connectivity index (χ3n) is 3.65. The van der Waals surface area contributed by atoms with Crippen molar-refractivity contribution >= 4 is 28.9 Å². The Kier molecular flexibility index (Phi) is 7.54. The van der Waals surface area contributed by atoms with Gasteiger partial charge in [0.25, 0.3) is 0 Å². The lowest BCUT2D eigenvalue weighted by Gasteiger charge is -2.27. The minimum absolute atomic E-state index is 0.0413. The maximum atomic E-state index is 12.2. The van der Waals surface area contributed by atoms with Crippen molar-refractivity contribution in [2.24, 2.45) is 0 Å². The Labute approximate surface area is 132 Å². The third kappa shape index (κ3) is 5.94. The van der Waals surface area contributed by atoms with E-state index in [-0.39, 0.29) is 5.91 Å². The topological polar surface area (TPSA) is 58.4 Å². The first-order chi connectivity index (χ1) is 9.97. The molecule has 21 heavy (non-hydrogen) atoms. The molecule has 1 amide bonds. The second-order valence-corrected chi connectivity index (χ2v) is 5.80. The van der Waals surface area contributed by atoms with Crippen molar-refractivity contribution in [3.63, 3.8) is 0 Å². The molecule has 1 aromatic carbocycles. The van der Waals surface area contributed by atoms with Crippen LogP contribution in [0.1, 0.15) is 40.0 Å². The number of nitrogen functional groups attached to an aromatic ring is 1. The molecule has 0 saturated heterocycles. The molecule has 3 N–H and O–H groups in total. The van der Waals surface area contributed by atoms with E-state index in [1.807, 2.05) is 0 Å². The molecule has 0 spiro atoms. The third-order valence-corrected chi connectivity index (χ3v) is 3.88. The van der Waals surface area contributed by atoms with E-state index in [1.54, 1.807) is 18.2 Å². The smallest absolute Gasteiger partial charge is 0.238 e. The SMILES string of the molecule is CCCCN(CC(=O)Nc1ccc(Cl)cc1N)C(C)CC. The number of carbonyl (C=O) groups excluding carboxylic acids is 1. The number of carbonyl (C=O) groups is 1. The van der Waals surface area contributed by atoms with Crippen molar-refractivity contribution in [1.29, 1.82) is 0 Å². The number of amides is 1. The number of hydrogen-bond donors (Lipinski definition) is 2. The van der Waals surface area contributed by atoms with Gasteiger partial charge < -0.3 is 11.1 Å². The molecule has 0 aromatic heterocycles. The fourth-order valence-electron chi connectivity index (χ4n) is 2.10. The Bertz CT molecular complexity index is 465. The summed E-state index contributed by atoms with van der Waals surface area (Å²) in [7, 11) is 0. The van der Waals surface area contributed by atoms with E-state index in [4.69, 9.17) is 17.3 Å². The van der Waals surface area contributed by atoms with E-state index in [9.17, 15) is 4.79 Å². The molecule has 4 nitrogen and oxygen atoms in total. The van der Waals surface area contributed by atoms with Gasteiger partial charge in [0, 0.05) is 11.1 Å². The second kappa shape index (κ2) is 8.90. The van der Waals surface area contributed by atoms with Gasteiger partial charge in [-0.3, -0.25) is 9.69 Å². The van der Waals surface area contributed by atoms with Gasteiger partial charge in [-0.2, -0.15) is 0 Å². The van der Waals surface area contributed by atoms with E-state index < -0.39 is 0 Å². The first kappa shape index (κ1) is 17.8. The van der Waals surface area contributed by atoms with Gasteiger partial charge in [-0.1, -0.05) is 31.9 Å². The highest BCUT2D eigenvalue weighted by atomic mass is 35.5. The lowest BCUT2D eigenvalue weighted by molar-refractivity contribution is -0.117. The number of halogens is 1. The van der Waals surface area contributed by atoms with Crippen LogP contribution in [0.5, 0.6) is 0 Å². The van der Waals surface area contributed by atoms with Crippen molar-refractivity contribution in [2.45, 2.75) is 46.1 Å². The zero-order valence-electron chi connectivity index (χ0n) is 13.2. The molecule has 5 heteroatoms. The fourth-order valence-corrected chi connectivity index (χ4v) is 2.28. The fraction of sp³-hybridized carbons (Fsp3) is 0.562. The molecule has 1 rings (SSSR count). The van der Waals surface area contributed by atoms with Crippen molar-refractivity contribution < 1.29 is 4.79 Å². The van der Waals surface area contributed by atoms with Gasteiger partial charge in [-0.15, -0.1) is 0 Å². The van der Waals surface area contributed by atoms with Gasteiger partial charge in [0.05, 0.1) is 17.9 Å². The molecule has 0 saturated carbocycles. The quantitative estimate of drug-likeness (QED) is 0.719. The Morgan fingerprint density at radius 3 is 2.71 bits per heavy atom. The Morgan fingerprint density at radius 2 is 2.14 bits per heavy atom. The van der Waals surface area contributed by atoms with Crippen LogP contribution >= 0.6 is 11.6 Å². The molecule has 1 aromatic rings. The van der Waals surface area contributed by atoms with Gasteiger partial charge in [-0.05, 0) is 44.5 Å². The number of nitrogens with one attached hydrogen (secondary N) is 1. The number of unbranched alkanes of at least 4 members (excludes halogenated alkanes) is 1. The van der Waals surface area contributed by atoms with Crippen LogP contribution in [0.3, 0.4) is 0 Å². The average molecular weight is 312 g/mol. The molecule has 0 aliphatic carbocycles. The van der Waals surface area contributed by atoms with Crippen LogP contribution in [0.15, 0.2) is 18.2 Å². The van der Waals surface area contributed by atoms with Gasteiger partial charge in [0.2, 0.25) is 5.91 Å². The summed E-state index contributed by atoms with van der Waals surface area (Å²) in [6, 6.07) is 5.48. The molecule has 0 aliphatic rings. The van der Waals surface area contributed by atoms with Gasteiger partial charge in [0.1, 0.15) is 0 Å². The van der Waals surface area contributed by atoms with E-state index in [1.165, 1.54) is 0 Å². The Morgan fingerprint density at radius 1 is 1.43 bits per heavy atom. The zero-order chi connectivity index (χ0) is 15.8. The minimum atomic E-state index is -0.0413. The van der Waals surface area contributed by atoms with Gasteiger partial charge >= 0.3 is 0 Å². The Hall–Kier alpha value is -1.26. The molecule has 0 aliphatic heterocycles. The average Bonchev–Trinajstić information content (AvgIpc) is 2.45. The standard InChI is InChI=1S/C16H26ClN3O/c1-4-6-9-20(12(3)5-2)11-16(21)19-15-8-7-13(17)10-14(15)18/h7-8,10,12H,4-6,9,11,18H2,1-3H3,(H,19,21). The van der Waals surface area contributed by atoms with Crippen LogP contribution in [0, 0.1) is 0 Å². The molecule has 0 radical (unpaired) electrons. The predicted octanol–water partition coefficient (Wildman–Crippen LogP) is 3.76. The number of rotatable bonds is 8. The van der Waals surface area contributed by atoms with Crippen LogP contribution in [0.2, 0.25) is 5.02 Å². The predicted molar refractivity (Wildman–Crippen MR) is 90.7 cm³/mol. The summed E-state index contributed by atoms with van der Waals surface area (Å²) in [6.07, 6.45) is 3.25. The molecule has 0 bridgehead atoms. The molecular formula is C16H26ClN3O. The molecule has 0 fully saturated rings. The summed E-state index contributed by atoms with van der Waals surface area (Å²) >= 11 is 5.85. The maximum absolute atomic E-state index is 12.2. The van der Waals surface area contributed by atoms with Crippen LogP contribution < -0.4 is 11.1 Å². The molecule has 0 heterocycles. The van der Waals surface area contributed by atoms with Crippen LogP contribution in [0.4, 0.5) is 11.4 Å². The first-order valence-corrected chi connectivity index (χ1v) is 7.94.